The van der Waals surface area contributed by atoms with Gasteiger partial charge < -0.3 is 5.11 Å². The van der Waals surface area contributed by atoms with Gasteiger partial charge in [-0.25, -0.2) is 0 Å². The molecular weight excluding hydrogens is 192 g/mol. The van der Waals surface area contributed by atoms with E-state index in [4.69, 9.17) is 5.11 Å². The van der Waals surface area contributed by atoms with Crippen LogP contribution in [0.5, 0.6) is 0 Å². The van der Waals surface area contributed by atoms with E-state index in [1.165, 1.54) is 0 Å². The molecule has 4 nitrogen and oxygen atoms in total. The lowest BCUT2D eigenvalue weighted by Crippen LogP contribution is -2.03. The highest BCUT2D eigenvalue weighted by atomic mass is 16.4. The van der Waals surface area contributed by atoms with Crippen molar-refractivity contribution in [3.63, 3.8) is 0 Å². The molecule has 2 aromatic heterocycles. The van der Waals surface area contributed by atoms with Crippen LogP contribution in [0.15, 0.2) is 24.5 Å². The third kappa shape index (κ3) is 1.93. The molecule has 0 fully saturated rings. The van der Waals surface area contributed by atoms with E-state index in [2.05, 4.69) is 9.97 Å². The summed E-state index contributed by atoms with van der Waals surface area (Å²) >= 11 is 0. The average molecular weight is 202 g/mol. The van der Waals surface area contributed by atoms with Crippen molar-refractivity contribution in [2.75, 3.05) is 0 Å². The van der Waals surface area contributed by atoms with Gasteiger partial charge in [-0.15, -0.1) is 0 Å². The number of aromatic nitrogens is 2. The van der Waals surface area contributed by atoms with Gasteiger partial charge in [0.25, 0.3) is 0 Å². The maximum atomic E-state index is 10.6. The van der Waals surface area contributed by atoms with Crippen LogP contribution in [0.4, 0.5) is 0 Å². The SMILES string of the molecule is Cc1cnc2c(CC(=O)O)nccc2c1. The molecule has 2 aromatic rings. The average Bonchev–Trinajstić information content (AvgIpc) is 2.16. The van der Waals surface area contributed by atoms with E-state index in [-0.39, 0.29) is 6.42 Å². The molecule has 0 bridgehead atoms. The van der Waals surface area contributed by atoms with Crippen LogP contribution in [0, 0.1) is 6.92 Å². The van der Waals surface area contributed by atoms with E-state index in [9.17, 15) is 4.79 Å². The Kier molecular flexibility index (Phi) is 2.33. The normalized spacial score (nSPS) is 10.5. The second-order valence-corrected chi connectivity index (χ2v) is 3.41. The fourth-order valence-corrected chi connectivity index (χ4v) is 1.50. The molecule has 0 atom stereocenters. The highest BCUT2D eigenvalue weighted by molar-refractivity contribution is 5.84. The number of fused-ring (bicyclic) bond motifs is 1. The molecule has 15 heavy (non-hydrogen) atoms. The molecule has 4 heteroatoms. The van der Waals surface area contributed by atoms with E-state index in [1.54, 1.807) is 12.4 Å². The molecule has 0 aliphatic rings. The summed E-state index contributed by atoms with van der Waals surface area (Å²) in [6.07, 6.45) is 3.24. The molecule has 76 valence electrons. The molecule has 0 spiro atoms. The Hall–Kier alpha value is -1.97. The van der Waals surface area contributed by atoms with Gasteiger partial charge in [-0.05, 0) is 24.6 Å². The maximum Gasteiger partial charge on any atom is 0.309 e. The number of carbonyl (C=O) groups is 1. The Balaban J connectivity index is 2.60. The monoisotopic (exact) mass is 202 g/mol. The summed E-state index contributed by atoms with van der Waals surface area (Å²) in [6.45, 7) is 1.95. The minimum Gasteiger partial charge on any atom is -0.481 e. The first-order valence-corrected chi connectivity index (χ1v) is 4.59. The van der Waals surface area contributed by atoms with Crippen LogP contribution in [-0.4, -0.2) is 21.0 Å². The van der Waals surface area contributed by atoms with Crippen molar-refractivity contribution >= 4 is 16.9 Å². The molecule has 0 aliphatic heterocycles. The Morgan fingerprint density at radius 1 is 1.47 bits per heavy atom. The molecule has 0 unspecified atom stereocenters. The minimum absolute atomic E-state index is 0.0899. The molecule has 1 N–H and O–H groups in total. The zero-order valence-electron chi connectivity index (χ0n) is 8.27. The summed E-state index contributed by atoms with van der Waals surface area (Å²) in [5.74, 6) is -0.891. The van der Waals surface area contributed by atoms with Crippen molar-refractivity contribution in [1.82, 2.24) is 9.97 Å². The minimum atomic E-state index is -0.891. The van der Waals surface area contributed by atoms with E-state index < -0.39 is 5.97 Å². The first kappa shape index (κ1) is 9.58. The first-order chi connectivity index (χ1) is 7.16. The van der Waals surface area contributed by atoms with Gasteiger partial charge in [0.05, 0.1) is 17.6 Å². The summed E-state index contributed by atoms with van der Waals surface area (Å²) in [5, 5.41) is 9.64. The smallest absolute Gasteiger partial charge is 0.309 e. The van der Waals surface area contributed by atoms with Crippen LogP contribution < -0.4 is 0 Å². The van der Waals surface area contributed by atoms with Gasteiger partial charge in [-0.3, -0.25) is 14.8 Å². The fourth-order valence-electron chi connectivity index (χ4n) is 1.50. The molecular formula is C11H10N2O2. The zero-order valence-corrected chi connectivity index (χ0v) is 8.27. The highest BCUT2D eigenvalue weighted by Crippen LogP contribution is 2.15. The Bertz CT molecular complexity index is 523. The summed E-state index contributed by atoms with van der Waals surface area (Å²) in [7, 11) is 0. The van der Waals surface area contributed by atoms with Crippen molar-refractivity contribution in [3.8, 4) is 0 Å². The third-order valence-corrected chi connectivity index (χ3v) is 2.13. The number of aryl methyl sites for hydroxylation is 1. The number of carboxylic acid groups (broad SMARTS) is 1. The first-order valence-electron chi connectivity index (χ1n) is 4.59. The standard InChI is InChI=1S/C11H10N2O2/c1-7-4-8-2-3-12-9(5-10(14)15)11(8)13-6-7/h2-4,6H,5H2,1H3,(H,14,15). The van der Waals surface area contributed by atoms with Crippen LogP contribution in [0.1, 0.15) is 11.3 Å². The van der Waals surface area contributed by atoms with Gasteiger partial charge in [0.15, 0.2) is 0 Å². The Labute approximate surface area is 86.6 Å². The summed E-state index contributed by atoms with van der Waals surface area (Å²) < 4.78 is 0. The van der Waals surface area contributed by atoms with Crippen LogP contribution in [0.3, 0.4) is 0 Å². The van der Waals surface area contributed by atoms with Gasteiger partial charge >= 0.3 is 5.97 Å². The molecule has 0 aliphatic carbocycles. The lowest BCUT2D eigenvalue weighted by molar-refractivity contribution is -0.136. The summed E-state index contributed by atoms with van der Waals surface area (Å²) in [6, 6.07) is 3.80. The van der Waals surface area contributed by atoms with Gasteiger partial charge in [0.2, 0.25) is 0 Å². The highest BCUT2D eigenvalue weighted by Gasteiger charge is 2.07. The molecule has 0 aromatic carbocycles. The van der Waals surface area contributed by atoms with Crippen LogP contribution in [0.25, 0.3) is 10.9 Å². The number of hydrogen-bond acceptors (Lipinski definition) is 3. The number of pyridine rings is 2. The predicted octanol–water partition coefficient (Wildman–Crippen LogP) is 1.57. The number of rotatable bonds is 2. The van der Waals surface area contributed by atoms with Crippen molar-refractivity contribution in [1.29, 1.82) is 0 Å². The molecule has 0 radical (unpaired) electrons. The second-order valence-electron chi connectivity index (χ2n) is 3.41. The molecule has 2 rings (SSSR count). The zero-order chi connectivity index (χ0) is 10.8. The van der Waals surface area contributed by atoms with Crippen molar-refractivity contribution in [2.24, 2.45) is 0 Å². The van der Waals surface area contributed by atoms with Crippen molar-refractivity contribution in [3.05, 3.63) is 35.8 Å². The number of nitrogens with zero attached hydrogens (tertiary/aromatic N) is 2. The van der Waals surface area contributed by atoms with Crippen LogP contribution in [0.2, 0.25) is 0 Å². The third-order valence-electron chi connectivity index (χ3n) is 2.13. The quantitative estimate of drug-likeness (QED) is 0.802. The number of carboxylic acids is 1. The Morgan fingerprint density at radius 2 is 2.27 bits per heavy atom. The lowest BCUT2D eigenvalue weighted by Gasteiger charge is -2.02. The van der Waals surface area contributed by atoms with E-state index >= 15 is 0 Å². The van der Waals surface area contributed by atoms with Crippen molar-refractivity contribution < 1.29 is 9.90 Å². The van der Waals surface area contributed by atoms with Crippen molar-refractivity contribution in [2.45, 2.75) is 13.3 Å². The van der Waals surface area contributed by atoms with E-state index in [1.807, 2.05) is 19.1 Å². The van der Waals surface area contributed by atoms with Crippen LogP contribution >= 0.6 is 0 Å². The number of aliphatic carboxylic acids is 1. The summed E-state index contributed by atoms with van der Waals surface area (Å²) in [4.78, 5) is 18.9. The van der Waals surface area contributed by atoms with E-state index in [0.29, 0.717) is 11.2 Å². The van der Waals surface area contributed by atoms with Gasteiger partial charge in [0, 0.05) is 17.8 Å². The second kappa shape index (κ2) is 3.65. The topological polar surface area (TPSA) is 63.1 Å². The van der Waals surface area contributed by atoms with Gasteiger partial charge in [-0.2, -0.15) is 0 Å². The van der Waals surface area contributed by atoms with E-state index in [0.717, 1.165) is 10.9 Å². The van der Waals surface area contributed by atoms with Gasteiger partial charge in [0.1, 0.15) is 0 Å². The molecule has 0 saturated carbocycles. The fraction of sp³-hybridized carbons (Fsp3) is 0.182. The van der Waals surface area contributed by atoms with Gasteiger partial charge in [-0.1, -0.05) is 0 Å². The molecule has 0 amide bonds. The summed E-state index contributed by atoms with van der Waals surface area (Å²) in [5.41, 5.74) is 2.24. The largest absolute Gasteiger partial charge is 0.481 e. The molecule has 0 saturated heterocycles. The molecule has 2 heterocycles. The van der Waals surface area contributed by atoms with Crippen LogP contribution in [-0.2, 0) is 11.2 Å². The predicted molar refractivity (Wildman–Crippen MR) is 55.6 cm³/mol. The Morgan fingerprint density at radius 3 is 3.00 bits per heavy atom. The lowest BCUT2D eigenvalue weighted by atomic mass is 10.1. The maximum absolute atomic E-state index is 10.6. The number of hydrogen-bond donors (Lipinski definition) is 1.